The Morgan fingerprint density at radius 3 is 2.18 bits per heavy atom. The zero-order chi connectivity index (χ0) is 8.43. The summed E-state index contributed by atoms with van der Waals surface area (Å²) in [4.78, 5) is 7.51. The normalized spacial score (nSPS) is 13.1. The lowest BCUT2D eigenvalue weighted by Crippen LogP contribution is -1.99. The summed E-state index contributed by atoms with van der Waals surface area (Å²) in [6, 6.07) is 1.41. The molecule has 0 spiro atoms. The molecule has 0 saturated heterocycles. The SMILES string of the molecule is CC(O)c1nc(Cl)cc(Cl)n1. The molecule has 0 amide bonds. The number of rotatable bonds is 1. The van der Waals surface area contributed by atoms with Crippen LogP contribution in [0.3, 0.4) is 0 Å². The Bertz CT molecular complexity index is 245. The monoisotopic (exact) mass is 192 g/mol. The van der Waals surface area contributed by atoms with Crippen LogP contribution in [-0.2, 0) is 0 Å². The summed E-state index contributed by atoms with van der Waals surface area (Å²) in [6.45, 7) is 1.54. The predicted octanol–water partition coefficient (Wildman–Crippen LogP) is 1.84. The van der Waals surface area contributed by atoms with Crippen LogP contribution in [0.4, 0.5) is 0 Å². The van der Waals surface area contributed by atoms with Gasteiger partial charge in [-0.05, 0) is 6.92 Å². The molecule has 1 atom stereocenters. The van der Waals surface area contributed by atoms with E-state index in [1.807, 2.05) is 0 Å². The van der Waals surface area contributed by atoms with Crippen LogP contribution < -0.4 is 0 Å². The van der Waals surface area contributed by atoms with Crippen LogP contribution in [0.2, 0.25) is 10.3 Å². The van der Waals surface area contributed by atoms with Crippen molar-refractivity contribution in [1.29, 1.82) is 0 Å². The van der Waals surface area contributed by atoms with E-state index in [9.17, 15) is 0 Å². The zero-order valence-corrected chi connectivity index (χ0v) is 7.26. The van der Waals surface area contributed by atoms with Gasteiger partial charge in [0.1, 0.15) is 16.4 Å². The number of halogens is 2. The molecule has 1 rings (SSSR count). The number of aliphatic hydroxyl groups is 1. The van der Waals surface area contributed by atoms with Crippen LogP contribution in [-0.4, -0.2) is 15.1 Å². The van der Waals surface area contributed by atoms with Crippen LogP contribution in [0.1, 0.15) is 18.9 Å². The second-order valence-electron chi connectivity index (χ2n) is 2.05. The zero-order valence-electron chi connectivity index (χ0n) is 5.75. The molecule has 1 N–H and O–H groups in total. The van der Waals surface area contributed by atoms with E-state index in [0.717, 1.165) is 0 Å². The van der Waals surface area contributed by atoms with E-state index in [2.05, 4.69) is 9.97 Å². The van der Waals surface area contributed by atoms with Crippen LogP contribution >= 0.6 is 23.2 Å². The summed E-state index contributed by atoms with van der Waals surface area (Å²) in [7, 11) is 0. The van der Waals surface area contributed by atoms with Crippen molar-refractivity contribution in [1.82, 2.24) is 9.97 Å². The topological polar surface area (TPSA) is 46.0 Å². The molecule has 3 nitrogen and oxygen atoms in total. The fourth-order valence-corrected chi connectivity index (χ4v) is 1.03. The number of aromatic nitrogens is 2. The quantitative estimate of drug-likeness (QED) is 0.692. The molecule has 0 bridgehead atoms. The molecule has 0 aliphatic rings. The van der Waals surface area contributed by atoms with Crippen LogP contribution in [0.15, 0.2) is 6.07 Å². The van der Waals surface area contributed by atoms with Crippen LogP contribution in [0.5, 0.6) is 0 Å². The van der Waals surface area contributed by atoms with Gasteiger partial charge in [-0.25, -0.2) is 9.97 Å². The summed E-state index contributed by atoms with van der Waals surface area (Å²) >= 11 is 11.1. The predicted molar refractivity (Wildman–Crippen MR) is 42.7 cm³/mol. The lowest BCUT2D eigenvalue weighted by Gasteiger charge is -2.02. The Morgan fingerprint density at radius 2 is 1.82 bits per heavy atom. The van der Waals surface area contributed by atoms with Crippen LogP contribution in [0, 0.1) is 0 Å². The molecule has 60 valence electrons. The minimum absolute atomic E-state index is 0.237. The van der Waals surface area contributed by atoms with Gasteiger partial charge in [0.15, 0.2) is 5.82 Å². The number of aliphatic hydroxyl groups excluding tert-OH is 1. The summed E-state index contributed by atoms with van der Waals surface area (Å²) < 4.78 is 0. The molecule has 5 heteroatoms. The van der Waals surface area contributed by atoms with Crippen molar-refractivity contribution in [3.8, 4) is 0 Å². The van der Waals surface area contributed by atoms with Gasteiger partial charge in [-0.1, -0.05) is 23.2 Å². The molecule has 11 heavy (non-hydrogen) atoms. The third-order valence-corrected chi connectivity index (χ3v) is 1.44. The van der Waals surface area contributed by atoms with E-state index in [-0.39, 0.29) is 16.1 Å². The fourth-order valence-electron chi connectivity index (χ4n) is 0.594. The first-order valence-corrected chi connectivity index (χ1v) is 3.73. The molecule has 0 saturated carbocycles. The molecular weight excluding hydrogens is 187 g/mol. The minimum atomic E-state index is -0.744. The number of hydrogen-bond acceptors (Lipinski definition) is 3. The average Bonchev–Trinajstić information content (AvgIpc) is 1.85. The molecule has 1 heterocycles. The van der Waals surface area contributed by atoms with Crippen molar-refractivity contribution in [2.24, 2.45) is 0 Å². The second-order valence-corrected chi connectivity index (χ2v) is 2.82. The molecule has 0 aliphatic heterocycles. The Labute approximate surface area is 74.0 Å². The molecule has 0 fully saturated rings. The third kappa shape index (κ3) is 2.29. The van der Waals surface area contributed by atoms with Crippen molar-refractivity contribution in [3.63, 3.8) is 0 Å². The summed E-state index contributed by atoms with van der Waals surface area (Å²) in [5, 5.41) is 9.50. The lowest BCUT2D eigenvalue weighted by molar-refractivity contribution is 0.189. The molecule has 0 radical (unpaired) electrons. The van der Waals surface area contributed by atoms with E-state index in [1.54, 1.807) is 6.92 Å². The molecule has 1 unspecified atom stereocenters. The second kappa shape index (κ2) is 3.34. The molecule has 0 aromatic carbocycles. The van der Waals surface area contributed by atoms with Gasteiger partial charge >= 0.3 is 0 Å². The van der Waals surface area contributed by atoms with Crippen molar-refractivity contribution in [3.05, 3.63) is 22.2 Å². The van der Waals surface area contributed by atoms with Gasteiger partial charge in [-0.15, -0.1) is 0 Å². The van der Waals surface area contributed by atoms with E-state index in [1.165, 1.54) is 6.07 Å². The van der Waals surface area contributed by atoms with E-state index in [4.69, 9.17) is 28.3 Å². The molecular formula is C6H6Cl2N2O. The summed E-state index contributed by atoms with van der Waals surface area (Å²) in [5.41, 5.74) is 0. The van der Waals surface area contributed by atoms with Crippen molar-refractivity contribution >= 4 is 23.2 Å². The smallest absolute Gasteiger partial charge is 0.159 e. The maximum atomic E-state index is 9.03. The number of hydrogen-bond donors (Lipinski definition) is 1. The highest BCUT2D eigenvalue weighted by molar-refractivity contribution is 6.33. The van der Waals surface area contributed by atoms with Gasteiger partial charge in [0, 0.05) is 6.07 Å². The lowest BCUT2D eigenvalue weighted by atomic mass is 10.4. The standard InChI is InChI=1S/C6H6Cl2N2O/c1-3(11)6-9-4(7)2-5(8)10-6/h2-3,11H,1H3. The highest BCUT2D eigenvalue weighted by atomic mass is 35.5. The van der Waals surface area contributed by atoms with Crippen LogP contribution in [0.25, 0.3) is 0 Å². The van der Waals surface area contributed by atoms with Gasteiger partial charge in [0.05, 0.1) is 0 Å². The molecule has 1 aromatic rings. The minimum Gasteiger partial charge on any atom is -0.385 e. The average molecular weight is 193 g/mol. The van der Waals surface area contributed by atoms with Gasteiger partial charge < -0.3 is 5.11 Å². The van der Waals surface area contributed by atoms with E-state index < -0.39 is 6.10 Å². The molecule has 0 aliphatic carbocycles. The largest absolute Gasteiger partial charge is 0.385 e. The first-order valence-electron chi connectivity index (χ1n) is 2.97. The number of nitrogens with zero attached hydrogens (tertiary/aromatic N) is 2. The van der Waals surface area contributed by atoms with E-state index >= 15 is 0 Å². The summed E-state index contributed by atoms with van der Waals surface area (Å²) in [5.74, 6) is 0.238. The van der Waals surface area contributed by atoms with E-state index in [0.29, 0.717) is 0 Å². The van der Waals surface area contributed by atoms with Crippen molar-refractivity contribution in [2.75, 3.05) is 0 Å². The Kier molecular flexibility index (Phi) is 2.65. The van der Waals surface area contributed by atoms with Gasteiger partial charge in [0.2, 0.25) is 0 Å². The first-order chi connectivity index (χ1) is 5.09. The van der Waals surface area contributed by atoms with Crippen molar-refractivity contribution < 1.29 is 5.11 Å². The van der Waals surface area contributed by atoms with Gasteiger partial charge in [-0.3, -0.25) is 0 Å². The maximum absolute atomic E-state index is 9.03. The third-order valence-electron chi connectivity index (χ3n) is 1.05. The molecule has 1 aromatic heterocycles. The highest BCUT2D eigenvalue weighted by Gasteiger charge is 2.06. The first kappa shape index (κ1) is 8.71. The Hall–Kier alpha value is -0.380. The van der Waals surface area contributed by atoms with Crippen molar-refractivity contribution in [2.45, 2.75) is 13.0 Å². The van der Waals surface area contributed by atoms with Gasteiger partial charge in [-0.2, -0.15) is 0 Å². The Balaban J connectivity index is 3.08. The maximum Gasteiger partial charge on any atom is 0.159 e. The van der Waals surface area contributed by atoms with Gasteiger partial charge in [0.25, 0.3) is 0 Å². The Morgan fingerprint density at radius 1 is 1.36 bits per heavy atom. The summed E-state index contributed by atoms with van der Waals surface area (Å²) in [6.07, 6.45) is -0.744. The fraction of sp³-hybridized carbons (Fsp3) is 0.333. The highest BCUT2D eigenvalue weighted by Crippen LogP contribution is 2.15.